The van der Waals surface area contributed by atoms with Crippen molar-refractivity contribution >= 4 is 154 Å². The summed E-state index contributed by atoms with van der Waals surface area (Å²) in [4.78, 5) is 12.8. The number of carbonyl (C=O) groups excluding carboxylic acids is 1. The van der Waals surface area contributed by atoms with Gasteiger partial charge in [0, 0.05) is 69.0 Å². The quantitative estimate of drug-likeness (QED) is 0.0975. The molecule has 4 saturated carbocycles. The summed E-state index contributed by atoms with van der Waals surface area (Å²) in [5, 5.41) is 36.2. The molecule has 40 rings (SSSR count). The third-order valence-electron chi connectivity index (χ3n) is 39.2. The van der Waals surface area contributed by atoms with Gasteiger partial charge in [0.2, 0.25) is 0 Å². The molecule has 26 aliphatic carbocycles. The molecule has 0 aromatic heterocycles. The van der Waals surface area contributed by atoms with E-state index in [-0.39, 0.29) is 33.0 Å². The molecule has 26 aliphatic rings. The van der Waals surface area contributed by atoms with Gasteiger partial charge in [-0.1, -0.05) is 158 Å². The maximum atomic E-state index is 12.8. The molecule has 2 bridgehead atoms. The van der Waals surface area contributed by atoms with Gasteiger partial charge in [-0.15, -0.1) is 0 Å². The average Bonchev–Trinajstić information content (AvgIpc) is 1.40. The molecule has 14 aromatic rings. The fourth-order valence-corrected chi connectivity index (χ4v) is 37.8. The zero-order valence-corrected chi connectivity index (χ0v) is 62.6. The first-order chi connectivity index (χ1) is 55.4. The molecule has 0 saturated heterocycles. The molecule has 2 heteroatoms. The third kappa shape index (κ3) is 4.33. The highest BCUT2D eigenvalue weighted by molar-refractivity contribution is 6.49. The van der Waals surface area contributed by atoms with Gasteiger partial charge in [0.25, 0.3) is 0 Å². The largest absolute Gasteiger partial charge is 0.469 e. The Morgan fingerprint density at radius 1 is 0.482 bits per heavy atom. The van der Waals surface area contributed by atoms with Gasteiger partial charge in [-0.25, -0.2) is 0 Å². The molecular weight excluding hydrogens is 1350 g/mol. The van der Waals surface area contributed by atoms with Crippen LogP contribution < -0.4 is 15.7 Å². The van der Waals surface area contributed by atoms with Gasteiger partial charge >= 0.3 is 5.97 Å². The van der Waals surface area contributed by atoms with E-state index in [4.69, 9.17) is 4.74 Å². The van der Waals surface area contributed by atoms with E-state index >= 15 is 0 Å². The van der Waals surface area contributed by atoms with E-state index in [2.05, 4.69) is 147 Å². The van der Waals surface area contributed by atoms with Gasteiger partial charge in [0.05, 0.1) is 7.11 Å². The van der Waals surface area contributed by atoms with Crippen LogP contribution in [-0.4, -0.2) is 13.1 Å². The summed E-state index contributed by atoms with van der Waals surface area (Å²) in [6, 6.07) is 35.6. The maximum Gasteiger partial charge on any atom is 0.305 e. The number of carbonyl (C=O) groups is 1. The van der Waals surface area contributed by atoms with E-state index in [9.17, 15) is 4.79 Å². The Labute approximate surface area is 644 Å². The van der Waals surface area contributed by atoms with Crippen LogP contribution in [-0.2, 0) is 45.0 Å². The normalized spacial score (nSPS) is 34.6. The molecule has 2 nitrogen and oxygen atoms in total. The van der Waals surface area contributed by atoms with E-state index < -0.39 is 0 Å². The van der Waals surface area contributed by atoms with Crippen molar-refractivity contribution in [3.8, 4) is 0 Å². The van der Waals surface area contributed by atoms with Gasteiger partial charge in [-0.3, -0.25) is 4.79 Å². The van der Waals surface area contributed by atoms with Gasteiger partial charge in [-0.05, 0) is 399 Å². The molecule has 0 amide bonds. The smallest absolute Gasteiger partial charge is 0.305 e. The summed E-state index contributed by atoms with van der Waals surface area (Å²) >= 11 is 0. The van der Waals surface area contributed by atoms with Crippen LogP contribution in [0, 0.1) is 34.5 Å². The summed E-state index contributed by atoms with van der Waals surface area (Å²) in [6.45, 7) is 2.31. The van der Waals surface area contributed by atoms with Crippen LogP contribution in [0.15, 0.2) is 139 Å². The van der Waals surface area contributed by atoms with E-state index in [1.165, 1.54) is 56.9 Å². The molecule has 11 unspecified atom stereocenters. The van der Waals surface area contributed by atoms with E-state index in [0.29, 0.717) is 59.7 Å². The second kappa shape index (κ2) is 15.5. The lowest BCUT2D eigenvalue weighted by molar-refractivity contribution is -0.140. The summed E-state index contributed by atoms with van der Waals surface area (Å²) in [5.74, 6) is 6.32. The Hall–Kier alpha value is -10.4. The number of ether oxygens (including phenoxy) is 1. The topological polar surface area (TPSA) is 26.3 Å². The minimum atomic E-state index is -0.177. The number of hydrogen-bond donors (Lipinski definition) is 0. The second-order valence-electron chi connectivity index (χ2n) is 40.9. The predicted octanol–water partition coefficient (Wildman–Crippen LogP) is 22.2. The number of esters is 1. The molecule has 14 atom stereocenters. The number of aryl methyl sites for hydroxylation is 2. The van der Waals surface area contributed by atoms with Crippen LogP contribution in [0.3, 0.4) is 0 Å². The Kier molecular flexibility index (Phi) is 7.52. The van der Waals surface area contributed by atoms with Gasteiger partial charge < -0.3 is 4.74 Å². The monoisotopic (exact) mass is 1420 g/mol. The Balaban J connectivity index is 0.0000000918. The number of allylic oxidation sites excluding steroid dienone is 14. The molecule has 4 fully saturated rings. The van der Waals surface area contributed by atoms with E-state index in [1.807, 2.05) is 43.7 Å². The molecule has 0 radical (unpaired) electrons. The lowest BCUT2D eigenvalue weighted by atomic mass is 9.39. The highest BCUT2D eigenvalue weighted by Gasteiger charge is 2.91. The summed E-state index contributed by atoms with van der Waals surface area (Å²) < 4.78 is 5.27. The maximum absolute atomic E-state index is 12.8. The van der Waals surface area contributed by atoms with Crippen molar-refractivity contribution in [2.45, 2.75) is 161 Å². The number of methoxy groups -OCH3 is 1. The zero-order chi connectivity index (χ0) is 70.6. The molecular formula is C110H70O2. The highest BCUT2D eigenvalue weighted by Crippen LogP contribution is 2.95. The Morgan fingerprint density at radius 2 is 1.11 bits per heavy atom. The number of rotatable bonds is 5. The Bertz CT molecular complexity index is 8080. The number of hydrogen-bond acceptors (Lipinski definition) is 2. The van der Waals surface area contributed by atoms with Crippen LogP contribution in [0.1, 0.15) is 253 Å². The molecule has 0 N–H and O–H groups in total. The van der Waals surface area contributed by atoms with E-state index in [1.54, 1.807) is 249 Å². The SMILES string of the molecule is C1=C2C3C4=c5c6c7c8c9c(c%10c%11c%12c%13c%14c(ccc%15c(c3c(c5c%13c6c%119)c%15%14)C1)C%12CC=%10)CCC=8C1CCC2C42[C@H]3C[C@H](c4ccccc43)C712.COC(=O)CCCC1(c2ccccc2)C23C=C4CC5=CC6C=C7CC8=CC9C=C%10CC(=C2)c2c%10c%10c%11c%12c(c8c7c7c%12c8c(c5c4c4c8c%11c2C431)C76)C%109.C[C@@H]1CCc2ccccc21. The summed E-state index contributed by atoms with van der Waals surface area (Å²) in [5.41, 5.74) is 54.3. The number of benzene rings is 11. The minimum absolute atomic E-state index is 0.0877. The molecule has 522 valence electrons. The molecule has 112 heavy (non-hydrogen) atoms. The second-order valence-corrected chi connectivity index (χ2v) is 40.9. The van der Waals surface area contributed by atoms with Crippen LogP contribution in [0.5, 0.6) is 0 Å². The molecule has 0 heterocycles. The van der Waals surface area contributed by atoms with Gasteiger partial charge in [-0.2, -0.15) is 0 Å². The first-order valence-electron chi connectivity index (χ1n) is 44.0. The highest BCUT2D eigenvalue weighted by atomic mass is 16.5. The van der Waals surface area contributed by atoms with Crippen molar-refractivity contribution in [2.75, 3.05) is 7.11 Å². The zero-order valence-electron chi connectivity index (χ0n) is 62.6. The van der Waals surface area contributed by atoms with Gasteiger partial charge in [0.1, 0.15) is 0 Å². The van der Waals surface area contributed by atoms with Crippen molar-refractivity contribution in [1.82, 2.24) is 0 Å². The Morgan fingerprint density at radius 3 is 1.82 bits per heavy atom. The minimum Gasteiger partial charge on any atom is -0.469 e. The molecule has 0 aliphatic heterocycles. The fourth-order valence-electron chi connectivity index (χ4n) is 37.8. The molecule has 14 aromatic carbocycles. The van der Waals surface area contributed by atoms with Crippen molar-refractivity contribution < 1.29 is 9.53 Å². The summed E-state index contributed by atoms with van der Waals surface area (Å²) in [7, 11) is 1.55. The van der Waals surface area contributed by atoms with Crippen LogP contribution in [0.4, 0.5) is 0 Å². The van der Waals surface area contributed by atoms with Crippen molar-refractivity contribution in [3.63, 3.8) is 0 Å². The van der Waals surface area contributed by atoms with Crippen molar-refractivity contribution in [1.29, 1.82) is 0 Å². The lowest BCUT2D eigenvalue weighted by Crippen LogP contribution is -2.60. The van der Waals surface area contributed by atoms with Crippen molar-refractivity contribution in [3.05, 3.63) is 283 Å². The van der Waals surface area contributed by atoms with E-state index in [0.717, 1.165) is 50.4 Å². The lowest BCUT2D eigenvalue weighted by Gasteiger charge is -2.62. The van der Waals surface area contributed by atoms with Crippen molar-refractivity contribution in [2.24, 2.45) is 34.5 Å². The van der Waals surface area contributed by atoms with Gasteiger partial charge in [0.15, 0.2) is 0 Å². The average molecular weight is 1420 g/mol. The first kappa shape index (κ1) is 54.3. The van der Waals surface area contributed by atoms with Crippen LogP contribution >= 0.6 is 0 Å². The molecule has 3 spiro atoms. The first-order valence-corrected chi connectivity index (χ1v) is 44.0. The standard InChI is InChI=1S/C51H30O2.C49H28.C10H12/c1-53-28(52)8-5-9-50(27-6-3-2-4-7-27)49-17-25-15-23-13-21-11-19-10-20-12-22-14-24-16-26(18-49)36-32(24)40-34(22)38-30(20)29(19)37-33(21)39-31(23)35(25)47-45-43(39)41(37)42(38)44(40)46(45)48(36)51(47,49)50;1-2-4-17-16(3-1)28-15-29(17)49-27-14-13-26-24-11-9-22-20-7-5-18-19-6-8-21-23-10-12-25(27)37-35(23)40-33(21)31(19)38-30(18)32(20)39-34(22)36(24)46(48(26,28)49)44-42(39)41(38)43(40)45(44)47(37)49;1-8-6-7-9-4-2-3-5-10(8)9/h2-4,6-7,11-14,17-18,21-22,33-34H,5,8-10,15-16H2,1H3;1-5,7-8,11,19,26-29,36H,6,9-10,12-15H2;2-5,8H,6-7H2,1H3/t;19?,26?,27?,28-,29+,36?,48?,49?;8-/m.01/s1. The fraction of sp³-hybridized carbons (Fsp3) is 0.300. The summed E-state index contributed by atoms with van der Waals surface area (Å²) in [6.07, 6.45) is 39.5. The number of fused-ring (bicyclic) bond motifs is 6. The third-order valence-corrected chi connectivity index (χ3v) is 39.2. The predicted molar refractivity (Wildman–Crippen MR) is 449 cm³/mol. The van der Waals surface area contributed by atoms with Crippen LogP contribution in [0.2, 0.25) is 0 Å². The van der Waals surface area contributed by atoms with Crippen LogP contribution in [0.25, 0.3) is 148 Å².